The van der Waals surface area contributed by atoms with E-state index in [0.29, 0.717) is 18.9 Å². The molecule has 1 aromatic carbocycles. The molecule has 0 atom stereocenters. The number of rotatable bonds is 6. The van der Waals surface area contributed by atoms with Gasteiger partial charge in [-0.1, -0.05) is 32.0 Å². The van der Waals surface area contributed by atoms with Gasteiger partial charge in [0.15, 0.2) is 0 Å². The molecule has 101 valence electrons. The Morgan fingerprint density at radius 3 is 2.61 bits per heavy atom. The molecule has 1 radical (unpaired) electrons. The number of benzene rings is 1. The van der Waals surface area contributed by atoms with Gasteiger partial charge < -0.3 is 15.4 Å². The van der Waals surface area contributed by atoms with E-state index in [-0.39, 0.29) is 25.4 Å². The number of anilines is 1. The fourth-order valence-corrected chi connectivity index (χ4v) is 1.50. The summed E-state index contributed by atoms with van der Waals surface area (Å²) in [5.74, 6) is 0.311. The maximum absolute atomic E-state index is 11.6. The first-order valence-corrected chi connectivity index (χ1v) is 5.61. The van der Waals surface area contributed by atoms with Crippen LogP contribution in [0.5, 0.6) is 0 Å². The van der Waals surface area contributed by atoms with Crippen LogP contribution in [0.15, 0.2) is 24.3 Å². The third kappa shape index (κ3) is 5.92. The quantitative estimate of drug-likeness (QED) is 0.473. The summed E-state index contributed by atoms with van der Waals surface area (Å²) in [5.41, 5.74) is 1.61. The Balaban J connectivity index is 0.00000289. The Hall–Kier alpha value is -1.22. The number of amides is 2. The number of hydrogen-bond acceptors (Lipinski definition) is 2. The van der Waals surface area contributed by atoms with Gasteiger partial charge in [0.1, 0.15) is 0 Å². The van der Waals surface area contributed by atoms with Crippen molar-refractivity contribution < 1.29 is 29.1 Å². The third-order valence-electron chi connectivity index (χ3n) is 2.24. The Bertz CT molecular complexity index is 394. The van der Waals surface area contributed by atoms with Crippen LogP contribution in [-0.2, 0) is 35.6 Å². The number of carbonyl (C=O) groups excluding carboxylic acids is 2. The molecule has 0 saturated heterocycles. The smallest absolute Gasteiger partial charge is 0.224 e. The normalized spacial score (nSPS) is 9.50. The molecule has 2 amide bonds. The molecule has 0 saturated carbocycles. The van der Waals surface area contributed by atoms with Crippen LogP contribution in [0.3, 0.4) is 0 Å². The van der Waals surface area contributed by atoms with E-state index in [4.69, 9.17) is 0 Å². The van der Waals surface area contributed by atoms with Crippen molar-refractivity contribution in [3.8, 4) is 0 Å². The van der Waals surface area contributed by atoms with E-state index in [2.05, 4.69) is 10.6 Å². The van der Waals surface area contributed by atoms with Gasteiger partial charge in [0, 0.05) is 38.1 Å². The van der Waals surface area contributed by atoms with Crippen molar-refractivity contribution >= 4 is 18.0 Å². The van der Waals surface area contributed by atoms with Crippen LogP contribution in [0.4, 0.5) is 5.69 Å². The molecule has 1 rings (SSSR count). The first-order chi connectivity index (χ1) is 8.13. The number of nitrogens with one attached hydrogen (secondary N) is 2. The summed E-state index contributed by atoms with van der Waals surface area (Å²) in [7, 11) is 0. The summed E-state index contributed by atoms with van der Waals surface area (Å²) in [6.07, 6.45) is 2.10. The molecule has 0 unspecified atom stereocenters. The summed E-state index contributed by atoms with van der Waals surface area (Å²) in [5, 5.41) is 5.30. The maximum Gasteiger partial charge on any atom is 0.224 e. The average Bonchev–Trinajstić information content (AvgIpc) is 2.26. The molecule has 18 heavy (non-hydrogen) atoms. The minimum Gasteiger partial charge on any atom is -0.526 e. The van der Waals surface area contributed by atoms with Crippen molar-refractivity contribution in [1.82, 2.24) is 5.32 Å². The van der Waals surface area contributed by atoms with E-state index in [1.165, 1.54) is 0 Å². The molecule has 4 nitrogen and oxygen atoms in total. The third-order valence-corrected chi connectivity index (χ3v) is 2.24. The number of para-hydroxylation sites is 1. The van der Waals surface area contributed by atoms with Crippen LogP contribution in [0.25, 0.3) is 0 Å². The molecule has 0 aliphatic rings. The van der Waals surface area contributed by atoms with Gasteiger partial charge in [0.25, 0.3) is 0 Å². The van der Waals surface area contributed by atoms with Gasteiger partial charge in [0.2, 0.25) is 5.91 Å². The average molecular weight is 336 g/mol. The summed E-state index contributed by atoms with van der Waals surface area (Å²) < 4.78 is 0. The van der Waals surface area contributed by atoms with Crippen molar-refractivity contribution in [2.24, 2.45) is 5.92 Å². The predicted octanol–water partition coefficient (Wildman–Crippen LogP) is 1.83. The molecule has 0 heterocycles. The van der Waals surface area contributed by atoms with Crippen LogP contribution in [-0.4, -0.2) is 12.3 Å². The van der Waals surface area contributed by atoms with Crippen molar-refractivity contribution in [2.45, 2.75) is 26.8 Å². The second-order valence-electron chi connectivity index (χ2n) is 4.26. The minimum atomic E-state index is -0.0115. The molecule has 1 aromatic rings. The van der Waals surface area contributed by atoms with E-state index < -0.39 is 0 Å². The van der Waals surface area contributed by atoms with Gasteiger partial charge >= 0.3 is 0 Å². The predicted molar refractivity (Wildman–Crippen MR) is 67.1 cm³/mol. The van der Waals surface area contributed by atoms with Gasteiger partial charge in [-0.3, -0.25) is 4.79 Å². The number of hydrogen-bond donors (Lipinski definition) is 2. The van der Waals surface area contributed by atoms with Gasteiger partial charge in [-0.25, -0.2) is 0 Å². The fraction of sp³-hybridized carbons (Fsp3) is 0.385. The van der Waals surface area contributed by atoms with Crippen molar-refractivity contribution in [1.29, 1.82) is 0 Å². The second-order valence-corrected chi connectivity index (χ2v) is 4.26. The molecular formula is C13H17N2O2Rh-. The SMILES string of the molecule is CC(C)CC(=O)Nc1ccccc1CN[C-]=O.[Rh]. The van der Waals surface area contributed by atoms with Gasteiger partial charge in [-0.05, 0) is 17.5 Å². The Morgan fingerprint density at radius 2 is 2.00 bits per heavy atom. The van der Waals surface area contributed by atoms with E-state index >= 15 is 0 Å². The van der Waals surface area contributed by atoms with E-state index in [1.54, 1.807) is 6.41 Å². The summed E-state index contributed by atoms with van der Waals surface area (Å²) in [6.45, 7) is 4.35. The number of carbonyl (C=O) groups is 1. The zero-order valence-electron chi connectivity index (χ0n) is 10.5. The zero-order chi connectivity index (χ0) is 12.7. The standard InChI is InChI=1S/C13H17N2O2.Rh/c1-10(2)7-13(17)15-12-6-4-3-5-11(12)8-14-9-16;/h3-6,10H,7-8H2,1-2H3,(H,14,16)(H,15,17);/q-1;. The van der Waals surface area contributed by atoms with E-state index in [0.717, 1.165) is 11.3 Å². The van der Waals surface area contributed by atoms with Crippen LogP contribution in [0.1, 0.15) is 25.8 Å². The Morgan fingerprint density at radius 1 is 1.33 bits per heavy atom. The van der Waals surface area contributed by atoms with Crippen LogP contribution in [0, 0.1) is 5.92 Å². The Kier molecular flexibility index (Phi) is 8.22. The van der Waals surface area contributed by atoms with Crippen molar-refractivity contribution in [2.75, 3.05) is 5.32 Å². The van der Waals surface area contributed by atoms with Crippen LogP contribution in [0.2, 0.25) is 0 Å². The summed E-state index contributed by atoms with van der Waals surface area (Å²) in [4.78, 5) is 21.8. The monoisotopic (exact) mass is 336 g/mol. The second kappa shape index (κ2) is 8.81. The molecular weight excluding hydrogens is 319 g/mol. The summed E-state index contributed by atoms with van der Waals surface area (Å²) in [6, 6.07) is 7.38. The molecule has 0 bridgehead atoms. The molecule has 5 heteroatoms. The van der Waals surface area contributed by atoms with Gasteiger partial charge in [-0.2, -0.15) is 6.41 Å². The van der Waals surface area contributed by atoms with Gasteiger partial charge in [-0.15, -0.1) is 0 Å². The van der Waals surface area contributed by atoms with Crippen molar-refractivity contribution in [3.63, 3.8) is 0 Å². The minimum absolute atomic E-state index is 0. The topological polar surface area (TPSA) is 58.2 Å². The summed E-state index contributed by atoms with van der Waals surface area (Å²) >= 11 is 0. The largest absolute Gasteiger partial charge is 0.526 e. The first-order valence-electron chi connectivity index (χ1n) is 5.61. The molecule has 0 aliphatic heterocycles. The molecule has 0 spiro atoms. The van der Waals surface area contributed by atoms with Crippen molar-refractivity contribution in [3.05, 3.63) is 29.8 Å². The molecule has 0 aromatic heterocycles. The molecule has 0 aliphatic carbocycles. The maximum atomic E-state index is 11.6. The molecule has 0 fully saturated rings. The van der Waals surface area contributed by atoms with E-state index in [1.807, 2.05) is 38.1 Å². The first kappa shape index (κ1) is 16.8. The van der Waals surface area contributed by atoms with Crippen LogP contribution < -0.4 is 10.6 Å². The fourth-order valence-electron chi connectivity index (χ4n) is 1.50. The van der Waals surface area contributed by atoms with E-state index in [9.17, 15) is 9.59 Å². The molecule has 2 N–H and O–H groups in total. The van der Waals surface area contributed by atoms with Gasteiger partial charge in [0.05, 0.1) is 0 Å². The van der Waals surface area contributed by atoms with Crippen LogP contribution >= 0.6 is 0 Å². The zero-order valence-corrected chi connectivity index (χ0v) is 12.1. The Labute approximate surface area is 120 Å².